The molecule has 12 heteroatoms. The first kappa shape index (κ1) is 36.2. The van der Waals surface area contributed by atoms with Crippen molar-refractivity contribution in [2.75, 3.05) is 62.2 Å². The zero-order valence-corrected chi connectivity index (χ0v) is 31.1. The highest BCUT2D eigenvalue weighted by atomic mass is 19.1. The lowest BCUT2D eigenvalue weighted by molar-refractivity contribution is -0.136. The number of rotatable bonds is 7. The van der Waals surface area contributed by atoms with Crippen LogP contribution in [0.25, 0.3) is 0 Å². The molecule has 5 heterocycles. The average Bonchev–Trinajstić information content (AvgIpc) is 3.52. The second-order valence-electron chi connectivity index (χ2n) is 15.8. The first-order valence-corrected chi connectivity index (χ1v) is 19.7. The van der Waals surface area contributed by atoms with Gasteiger partial charge in [0.2, 0.25) is 11.8 Å². The standard InChI is InChI=1S/C44H45F2N5O5/c45-35-20-29(42-32-8-7-31(52)22-40(32)56-26-34(42)28-4-2-1-3-5-28)6-9-37(35)49-14-12-27(13-15-49)24-48-16-18-50(19-17-48)39-21-30-25-51(44(55)33(30)23-36(39)46)38-10-11-41(53)47-43(38)54/h1-9,20-23,27,34,38,42,52H,10-19,24-26H2,(H,47,53,54)/t34-,38+,42?/m1/s1. The van der Waals surface area contributed by atoms with Crippen LogP contribution in [0.5, 0.6) is 11.5 Å². The highest BCUT2D eigenvalue weighted by Gasteiger charge is 2.40. The van der Waals surface area contributed by atoms with E-state index >= 15 is 8.78 Å². The predicted molar refractivity (Wildman–Crippen MR) is 207 cm³/mol. The van der Waals surface area contributed by atoms with E-state index in [-0.39, 0.29) is 60.2 Å². The van der Waals surface area contributed by atoms with Crippen molar-refractivity contribution in [3.05, 3.63) is 118 Å². The molecule has 2 N–H and O–H groups in total. The van der Waals surface area contributed by atoms with Gasteiger partial charge in [0.1, 0.15) is 29.2 Å². The molecule has 3 saturated heterocycles. The van der Waals surface area contributed by atoms with Gasteiger partial charge in [0, 0.05) is 87.8 Å². The number of fused-ring (bicyclic) bond motifs is 2. The topological polar surface area (TPSA) is 106 Å². The number of carbonyl (C=O) groups is 3. The largest absolute Gasteiger partial charge is 0.508 e. The van der Waals surface area contributed by atoms with E-state index in [2.05, 4.69) is 27.2 Å². The van der Waals surface area contributed by atoms with Crippen molar-refractivity contribution in [3.63, 3.8) is 0 Å². The number of piperazine rings is 1. The third-order valence-corrected chi connectivity index (χ3v) is 12.5. The Labute approximate surface area is 324 Å². The van der Waals surface area contributed by atoms with E-state index < -0.39 is 17.8 Å². The first-order chi connectivity index (χ1) is 27.2. The fourth-order valence-electron chi connectivity index (χ4n) is 9.48. The number of hydrogen-bond donors (Lipinski definition) is 2. The number of nitrogens with zero attached hydrogens (tertiary/aromatic N) is 4. The number of anilines is 2. The van der Waals surface area contributed by atoms with E-state index in [1.807, 2.05) is 41.3 Å². The molecule has 5 aliphatic heterocycles. The highest BCUT2D eigenvalue weighted by molar-refractivity contribution is 6.05. The van der Waals surface area contributed by atoms with Crippen molar-refractivity contribution in [1.29, 1.82) is 0 Å². The molecule has 4 aromatic carbocycles. The zero-order valence-electron chi connectivity index (χ0n) is 31.1. The van der Waals surface area contributed by atoms with Crippen LogP contribution in [0.15, 0.2) is 78.9 Å². The number of hydrogen-bond acceptors (Lipinski definition) is 8. The third-order valence-electron chi connectivity index (χ3n) is 12.5. The molecule has 0 bridgehead atoms. The van der Waals surface area contributed by atoms with Crippen LogP contribution in [0, 0.1) is 17.6 Å². The maximum Gasteiger partial charge on any atom is 0.255 e. The maximum absolute atomic E-state index is 16.1. The van der Waals surface area contributed by atoms with Crippen LogP contribution in [0.3, 0.4) is 0 Å². The smallest absolute Gasteiger partial charge is 0.255 e. The number of imide groups is 1. The van der Waals surface area contributed by atoms with E-state index in [1.54, 1.807) is 24.3 Å². The van der Waals surface area contributed by atoms with Crippen molar-refractivity contribution in [2.24, 2.45) is 5.92 Å². The van der Waals surface area contributed by atoms with E-state index in [0.717, 1.165) is 62.3 Å². The fraction of sp³-hybridized carbons (Fsp3) is 0.386. The zero-order chi connectivity index (χ0) is 38.5. The van der Waals surface area contributed by atoms with Crippen molar-refractivity contribution in [1.82, 2.24) is 15.1 Å². The molecule has 290 valence electrons. The Bertz CT molecular complexity index is 2170. The Balaban J connectivity index is 0.804. The number of ether oxygens (including phenoxy) is 1. The van der Waals surface area contributed by atoms with Crippen LogP contribution in [0.1, 0.15) is 70.1 Å². The molecule has 10 nitrogen and oxygen atoms in total. The molecule has 3 amide bonds. The van der Waals surface area contributed by atoms with Crippen molar-refractivity contribution in [3.8, 4) is 11.5 Å². The van der Waals surface area contributed by atoms with Gasteiger partial charge in [-0.25, -0.2) is 8.78 Å². The molecule has 0 saturated carbocycles. The van der Waals surface area contributed by atoms with Gasteiger partial charge < -0.3 is 24.5 Å². The second-order valence-corrected chi connectivity index (χ2v) is 15.8. The van der Waals surface area contributed by atoms with E-state index in [0.29, 0.717) is 48.3 Å². The molecule has 4 aromatic rings. The number of phenols is 1. The van der Waals surface area contributed by atoms with Gasteiger partial charge >= 0.3 is 0 Å². The molecule has 1 unspecified atom stereocenters. The Kier molecular flexibility index (Phi) is 9.60. The van der Waals surface area contributed by atoms with Crippen molar-refractivity contribution >= 4 is 29.1 Å². The molecular weight excluding hydrogens is 717 g/mol. The number of piperidine rings is 2. The van der Waals surface area contributed by atoms with Crippen LogP contribution in [0.2, 0.25) is 0 Å². The van der Waals surface area contributed by atoms with Gasteiger partial charge in [0.25, 0.3) is 5.91 Å². The molecule has 0 aromatic heterocycles. The quantitative estimate of drug-likeness (QED) is 0.229. The Morgan fingerprint density at radius 2 is 1.52 bits per heavy atom. The number of halogens is 2. The lowest BCUT2D eigenvalue weighted by Gasteiger charge is -2.40. The number of carbonyl (C=O) groups excluding carboxylic acids is 3. The summed E-state index contributed by atoms with van der Waals surface area (Å²) in [5.74, 6) is -0.778. The number of nitrogens with one attached hydrogen (secondary N) is 1. The Hall–Kier alpha value is -5.49. The van der Waals surface area contributed by atoms with E-state index in [9.17, 15) is 19.5 Å². The van der Waals surface area contributed by atoms with Gasteiger partial charge in [0.15, 0.2) is 0 Å². The lowest BCUT2D eigenvalue weighted by atomic mass is 9.76. The van der Waals surface area contributed by atoms with Crippen molar-refractivity contribution in [2.45, 2.75) is 50.1 Å². The van der Waals surface area contributed by atoms with Crippen LogP contribution in [-0.4, -0.2) is 91.1 Å². The molecule has 0 radical (unpaired) electrons. The number of aromatic hydroxyl groups is 1. The maximum atomic E-state index is 16.1. The summed E-state index contributed by atoms with van der Waals surface area (Å²) in [5, 5.41) is 12.4. The van der Waals surface area contributed by atoms with E-state index in [1.165, 1.54) is 11.0 Å². The van der Waals surface area contributed by atoms with Crippen molar-refractivity contribution < 1.29 is 33.0 Å². The molecule has 0 spiro atoms. The summed E-state index contributed by atoms with van der Waals surface area (Å²) in [6.45, 7) is 5.99. The predicted octanol–water partition coefficient (Wildman–Crippen LogP) is 5.78. The fourth-order valence-corrected chi connectivity index (χ4v) is 9.48. The molecule has 9 rings (SSSR count). The van der Waals surface area contributed by atoms with Crippen LogP contribution in [-0.2, 0) is 16.1 Å². The Morgan fingerprint density at radius 1 is 0.768 bits per heavy atom. The van der Waals surface area contributed by atoms with Crippen LogP contribution in [0.4, 0.5) is 20.2 Å². The van der Waals surface area contributed by atoms with Gasteiger partial charge in [-0.05, 0) is 72.2 Å². The minimum atomic E-state index is -0.735. The SMILES string of the molecule is O=C1CC[C@H](N2Cc3cc(N4CCN(CC5CCN(c6ccc(C7c8ccc(O)cc8OC[C@@H]7c7ccccc7)cc6F)CC5)CC4)c(F)cc3C2=O)C(=O)N1. The molecule has 3 atom stereocenters. The average molecular weight is 762 g/mol. The third kappa shape index (κ3) is 6.84. The molecule has 0 aliphatic carbocycles. The summed E-state index contributed by atoms with van der Waals surface area (Å²) in [6, 6.07) is 23.3. The summed E-state index contributed by atoms with van der Waals surface area (Å²) in [6.07, 6.45) is 2.34. The minimum absolute atomic E-state index is 0.00738. The van der Waals surface area contributed by atoms with Gasteiger partial charge in [-0.1, -0.05) is 42.5 Å². The molecule has 3 fully saturated rings. The van der Waals surface area contributed by atoms with Gasteiger partial charge in [0.05, 0.1) is 18.0 Å². The summed E-state index contributed by atoms with van der Waals surface area (Å²) in [5.41, 5.74) is 5.00. The number of phenolic OH excluding ortho intramolecular Hbond substituents is 1. The molecular formula is C44H45F2N5O5. The van der Waals surface area contributed by atoms with Gasteiger partial charge in [-0.2, -0.15) is 0 Å². The second kappa shape index (κ2) is 14.9. The molecule has 56 heavy (non-hydrogen) atoms. The lowest BCUT2D eigenvalue weighted by Crippen LogP contribution is -2.52. The first-order valence-electron chi connectivity index (χ1n) is 19.7. The highest BCUT2D eigenvalue weighted by Crippen LogP contribution is 2.47. The van der Waals surface area contributed by atoms with Gasteiger partial charge in [-0.15, -0.1) is 0 Å². The van der Waals surface area contributed by atoms with Gasteiger partial charge in [-0.3, -0.25) is 24.6 Å². The summed E-state index contributed by atoms with van der Waals surface area (Å²) < 4.78 is 37.6. The van der Waals surface area contributed by atoms with Crippen LogP contribution < -0.4 is 19.9 Å². The minimum Gasteiger partial charge on any atom is -0.508 e. The Morgan fingerprint density at radius 3 is 2.27 bits per heavy atom. The van der Waals surface area contributed by atoms with E-state index in [4.69, 9.17) is 4.74 Å². The number of benzene rings is 4. The summed E-state index contributed by atoms with van der Waals surface area (Å²) >= 11 is 0. The molecule has 5 aliphatic rings. The van der Waals surface area contributed by atoms with Crippen LogP contribution >= 0.6 is 0 Å². The summed E-state index contributed by atoms with van der Waals surface area (Å²) in [7, 11) is 0. The monoisotopic (exact) mass is 761 g/mol. The summed E-state index contributed by atoms with van der Waals surface area (Å²) in [4.78, 5) is 45.3. The number of amides is 3. The normalized spacial score (nSPS) is 23.1.